The lowest BCUT2D eigenvalue weighted by molar-refractivity contribution is -0.274. The molecule has 5 N–H and O–H groups in total. The summed E-state index contributed by atoms with van der Waals surface area (Å²) in [6.07, 6.45) is -1.14. The summed E-state index contributed by atoms with van der Waals surface area (Å²) in [5.74, 6) is -0.536. The van der Waals surface area contributed by atoms with E-state index in [1.807, 2.05) is 24.4 Å². The Balaban J connectivity index is 1.17. The Kier molecular flexibility index (Phi) is 7.35. The van der Waals surface area contributed by atoms with Gasteiger partial charge in [-0.2, -0.15) is 0 Å². The van der Waals surface area contributed by atoms with Crippen molar-refractivity contribution in [1.82, 2.24) is 15.3 Å². The van der Waals surface area contributed by atoms with Crippen molar-refractivity contribution in [3.8, 4) is 5.75 Å². The maximum atomic E-state index is 12.4. The van der Waals surface area contributed by atoms with Crippen LogP contribution in [-0.4, -0.2) is 41.4 Å². The van der Waals surface area contributed by atoms with E-state index in [0.717, 1.165) is 23.3 Å². The zero-order valence-corrected chi connectivity index (χ0v) is 18.9. The summed E-state index contributed by atoms with van der Waals surface area (Å²) in [5.41, 5.74) is 9.00. The SMILES string of the molecule is N[C@H](CNCCCC(=O)Nc1nc2ccc(OC(F)(F)F)cc2s1)Cc1c[nH]c2ccccc12. The molecule has 4 aromatic rings. The average Bonchev–Trinajstić information content (AvgIpc) is 3.35. The first-order valence-electron chi connectivity index (χ1n) is 10.7. The number of anilines is 1. The van der Waals surface area contributed by atoms with Crippen LogP contribution in [0, 0.1) is 0 Å². The van der Waals surface area contributed by atoms with Gasteiger partial charge in [-0.05, 0) is 43.1 Å². The van der Waals surface area contributed by atoms with Crippen molar-refractivity contribution in [2.45, 2.75) is 31.7 Å². The number of aromatic nitrogens is 2. The number of thiazole rings is 1. The monoisotopic (exact) mass is 491 g/mol. The third-order valence-electron chi connectivity index (χ3n) is 5.16. The molecule has 2 aromatic carbocycles. The van der Waals surface area contributed by atoms with Crippen LogP contribution < -0.4 is 21.1 Å². The van der Waals surface area contributed by atoms with Crippen LogP contribution >= 0.6 is 11.3 Å². The number of para-hydroxylation sites is 1. The summed E-state index contributed by atoms with van der Waals surface area (Å²) in [6.45, 7) is 1.26. The first-order valence-corrected chi connectivity index (χ1v) is 11.6. The normalized spacial score (nSPS) is 12.8. The third kappa shape index (κ3) is 6.46. The number of carbonyl (C=O) groups excluding carboxylic acids is 1. The van der Waals surface area contributed by atoms with Gasteiger partial charge in [0.25, 0.3) is 0 Å². The maximum absolute atomic E-state index is 12.4. The van der Waals surface area contributed by atoms with E-state index in [0.29, 0.717) is 34.9 Å². The van der Waals surface area contributed by atoms with E-state index in [2.05, 4.69) is 31.4 Å². The molecule has 0 aliphatic heterocycles. The molecule has 0 aliphatic carbocycles. The van der Waals surface area contributed by atoms with Crippen molar-refractivity contribution < 1.29 is 22.7 Å². The Morgan fingerprint density at radius 3 is 2.88 bits per heavy atom. The zero-order chi connectivity index (χ0) is 24.1. The van der Waals surface area contributed by atoms with E-state index in [1.165, 1.54) is 29.1 Å². The molecule has 0 bridgehead atoms. The van der Waals surface area contributed by atoms with Crippen LogP contribution in [-0.2, 0) is 11.2 Å². The lowest BCUT2D eigenvalue weighted by Gasteiger charge is -2.12. The van der Waals surface area contributed by atoms with Crippen molar-refractivity contribution in [1.29, 1.82) is 0 Å². The second-order valence-electron chi connectivity index (χ2n) is 7.88. The zero-order valence-electron chi connectivity index (χ0n) is 18.1. The number of benzene rings is 2. The summed E-state index contributed by atoms with van der Waals surface area (Å²) in [4.78, 5) is 19.7. The fourth-order valence-corrected chi connectivity index (χ4v) is 4.56. The van der Waals surface area contributed by atoms with E-state index in [-0.39, 0.29) is 24.1 Å². The number of halogens is 3. The largest absolute Gasteiger partial charge is 0.573 e. The van der Waals surface area contributed by atoms with Gasteiger partial charge in [0, 0.05) is 42.2 Å². The molecule has 0 saturated carbocycles. The Labute approximate surface area is 197 Å². The first-order chi connectivity index (χ1) is 16.3. The van der Waals surface area contributed by atoms with Gasteiger partial charge < -0.3 is 26.1 Å². The van der Waals surface area contributed by atoms with E-state index in [4.69, 9.17) is 5.73 Å². The Morgan fingerprint density at radius 1 is 1.24 bits per heavy atom. The van der Waals surface area contributed by atoms with Crippen LogP contribution in [0.4, 0.5) is 18.3 Å². The summed E-state index contributed by atoms with van der Waals surface area (Å²) in [6, 6.07) is 11.9. The van der Waals surface area contributed by atoms with Crippen molar-refractivity contribution in [3.63, 3.8) is 0 Å². The molecule has 0 aliphatic rings. The minimum atomic E-state index is -4.76. The number of nitrogens with two attached hydrogens (primary N) is 1. The number of fused-ring (bicyclic) bond motifs is 2. The summed E-state index contributed by atoms with van der Waals surface area (Å²) in [7, 11) is 0. The van der Waals surface area contributed by atoms with E-state index in [9.17, 15) is 18.0 Å². The molecular formula is C23H24F3N5O2S. The van der Waals surface area contributed by atoms with E-state index in [1.54, 1.807) is 0 Å². The molecule has 4 rings (SSSR count). The number of alkyl halides is 3. The molecule has 0 unspecified atom stereocenters. The lowest BCUT2D eigenvalue weighted by atomic mass is 10.1. The molecule has 0 saturated heterocycles. The Morgan fingerprint density at radius 2 is 2.06 bits per heavy atom. The van der Waals surface area contributed by atoms with Gasteiger partial charge in [-0.3, -0.25) is 4.79 Å². The summed E-state index contributed by atoms with van der Waals surface area (Å²) < 4.78 is 41.5. The summed E-state index contributed by atoms with van der Waals surface area (Å²) in [5, 5.41) is 7.48. The number of hydrogen-bond donors (Lipinski definition) is 4. The van der Waals surface area contributed by atoms with Gasteiger partial charge in [-0.1, -0.05) is 29.5 Å². The molecule has 0 spiro atoms. The van der Waals surface area contributed by atoms with Gasteiger partial charge in [0.15, 0.2) is 5.13 Å². The lowest BCUT2D eigenvalue weighted by Crippen LogP contribution is -2.36. The second kappa shape index (κ2) is 10.4. The van der Waals surface area contributed by atoms with Gasteiger partial charge >= 0.3 is 6.36 Å². The molecule has 1 amide bonds. The Bertz CT molecular complexity index is 1270. The highest BCUT2D eigenvalue weighted by atomic mass is 32.1. The van der Waals surface area contributed by atoms with Crippen LogP contribution in [0.15, 0.2) is 48.7 Å². The average molecular weight is 492 g/mol. The molecule has 2 aromatic heterocycles. The van der Waals surface area contributed by atoms with E-state index < -0.39 is 6.36 Å². The molecule has 7 nitrogen and oxygen atoms in total. The molecule has 0 radical (unpaired) electrons. The summed E-state index contributed by atoms with van der Waals surface area (Å²) >= 11 is 1.09. The van der Waals surface area contributed by atoms with Crippen molar-refractivity contribution in [3.05, 3.63) is 54.2 Å². The maximum Gasteiger partial charge on any atom is 0.573 e. The van der Waals surface area contributed by atoms with Crippen LogP contribution in [0.5, 0.6) is 5.75 Å². The fourth-order valence-electron chi connectivity index (χ4n) is 3.65. The predicted molar refractivity (Wildman–Crippen MR) is 127 cm³/mol. The number of aromatic amines is 1. The fraction of sp³-hybridized carbons (Fsp3) is 0.304. The van der Waals surface area contributed by atoms with Crippen molar-refractivity contribution >= 4 is 43.5 Å². The van der Waals surface area contributed by atoms with Crippen LogP contribution in [0.1, 0.15) is 18.4 Å². The number of amides is 1. The van der Waals surface area contributed by atoms with Crippen molar-refractivity contribution in [2.24, 2.45) is 5.73 Å². The molecule has 2 heterocycles. The minimum absolute atomic E-state index is 0.0537. The minimum Gasteiger partial charge on any atom is -0.406 e. The van der Waals surface area contributed by atoms with Crippen LogP contribution in [0.3, 0.4) is 0 Å². The number of rotatable bonds is 10. The van der Waals surface area contributed by atoms with Gasteiger partial charge in [0.2, 0.25) is 5.91 Å². The van der Waals surface area contributed by atoms with Crippen LogP contribution in [0.2, 0.25) is 0 Å². The van der Waals surface area contributed by atoms with Gasteiger partial charge in [-0.15, -0.1) is 13.2 Å². The molecule has 1 atom stereocenters. The van der Waals surface area contributed by atoms with Crippen LogP contribution in [0.25, 0.3) is 21.1 Å². The highest BCUT2D eigenvalue weighted by Gasteiger charge is 2.31. The van der Waals surface area contributed by atoms with Gasteiger partial charge in [0.05, 0.1) is 10.2 Å². The van der Waals surface area contributed by atoms with Crippen molar-refractivity contribution in [2.75, 3.05) is 18.4 Å². The molecule has 180 valence electrons. The number of nitrogens with zero attached hydrogens (tertiary/aromatic N) is 1. The number of H-pyrrole nitrogens is 1. The second-order valence-corrected chi connectivity index (χ2v) is 8.91. The first kappa shape index (κ1) is 24.0. The molecule has 11 heteroatoms. The highest BCUT2D eigenvalue weighted by Crippen LogP contribution is 2.31. The molecule has 34 heavy (non-hydrogen) atoms. The number of ether oxygens (including phenoxy) is 1. The standard InChI is InChI=1S/C23H24F3N5O2S/c24-23(25,26)33-16-7-8-19-20(11-16)34-22(30-19)31-21(32)6-3-9-28-13-15(27)10-14-12-29-18-5-2-1-4-17(14)18/h1-2,4-5,7-8,11-12,15,28-29H,3,6,9-10,13,27H2,(H,30,31,32)/t15-/m0/s1. The van der Waals surface area contributed by atoms with Gasteiger partial charge in [0.1, 0.15) is 5.75 Å². The number of carbonyl (C=O) groups is 1. The third-order valence-corrected chi connectivity index (χ3v) is 6.09. The molecular weight excluding hydrogens is 467 g/mol. The number of nitrogens with one attached hydrogen (secondary N) is 3. The Hall–Kier alpha value is -3.15. The highest BCUT2D eigenvalue weighted by molar-refractivity contribution is 7.22. The molecule has 0 fully saturated rings. The van der Waals surface area contributed by atoms with E-state index >= 15 is 0 Å². The van der Waals surface area contributed by atoms with Gasteiger partial charge in [-0.25, -0.2) is 4.98 Å². The quantitative estimate of drug-likeness (QED) is 0.244. The predicted octanol–water partition coefficient (Wildman–Crippen LogP) is 4.55. The topological polar surface area (TPSA) is 105 Å². The number of hydrogen-bond acceptors (Lipinski definition) is 6. The smallest absolute Gasteiger partial charge is 0.406 e.